The molecule has 0 unspecified atom stereocenters. The zero-order chi connectivity index (χ0) is 10.4. The molecule has 1 aliphatic carbocycles. The number of terminal acetylenes is 1. The van der Waals surface area contributed by atoms with Crippen molar-refractivity contribution >= 4 is 0 Å². The molecular formula is C12H22N2. The summed E-state index contributed by atoms with van der Waals surface area (Å²) in [4.78, 5) is 2.37. The topological polar surface area (TPSA) is 15.3 Å². The van der Waals surface area contributed by atoms with Crippen molar-refractivity contribution in [2.45, 2.75) is 37.6 Å². The second kappa shape index (κ2) is 5.38. The van der Waals surface area contributed by atoms with Gasteiger partial charge in [0.15, 0.2) is 0 Å². The van der Waals surface area contributed by atoms with Gasteiger partial charge >= 0.3 is 0 Å². The lowest BCUT2D eigenvalue weighted by molar-refractivity contribution is 0.0603. The molecule has 2 heteroatoms. The molecule has 0 spiro atoms. The summed E-state index contributed by atoms with van der Waals surface area (Å²) >= 11 is 0. The number of rotatable bonds is 6. The Morgan fingerprint density at radius 1 is 1.43 bits per heavy atom. The third-order valence-electron chi connectivity index (χ3n) is 3.36. The molecule has 0 aliphatic heterocycles. The maximum Gasteiger partial charge on any atom is 0.0327 e. The van der Waals surface area contributed by atoms with E-state index in [0.29, 0.717) is 5.54 Å². The van der Waals surface area contributed by atoms with Crippen molar-refractivity contribution in [1.29, 1.82) is 0 Å². The highest BCUT2D eigenvalue weighted by molar-refractivity contribution is 4.97. The maximum atomic E-state index is 5.20. The highest BCUT2D eigenvalue weighted by atomic mass is 15.2. The number of likely N-dealkylation sites (N-methyl/N-ethyl adjacent to an activating group) is 1. The van der Waals surface area contributed by atoms with Crippen LogP contribution in [0, 0.1) is 12.3 Å². The molecule has 1 saturated carbocycles. The number of hydrogen-bond donors (Lipinski definition) is 1. The summed E-state index contributed by atoms with van der Waals surface area (Å²) in [7, 11) is 4.37. The van der Waals surface area contributed by atoms with Gasteiger partial charge in [0, 0.05) is 18.5 Å². The molecule has 14 heavy (non-hydrogen) atoms. The first-order chi connectivity index (χ1) is 6.71. The molecule has 0 bridgehead atoms. The maximum absolute atomic E-state index is 5.20. The molecule has 0 radical (unpaired) electrons. The largest absolute Gasteiger partial charge is 0.315 e. The SMILES string of the molecule is C#CCCCNCC1(N(C)C)CCC1. The number of nitrogens with one attached hydrogen (secondary N) is 1. The van der Waals surface area contributed by atoms with Gasteiger partial charge in [-0.25, -0.2) is 0 Å². The minimum Gasteiger partial charge on any atom is -0.315 e. The van der Waals surface area contributed by atoms with Crippen molar-refractivity contribution in [3.05, 3.63) is 0 Å². The average Bonchev–Trinajstić information content (AvgIpc) is 2.07. The lowest BCUT2D eigenvalue weighted by Crippen LogP contribution is -2.56. The van der Waals surface area contributed by atoms with E-state index in [1.165, 1.54) is 19.3 Å². The van der Waals surface area contributed by atoms with Crippen LogP contribution in [0.15, 0.2) is 0 Å². The molecule has 0 heterocycles. The van der Waals surface area contributed by atoms with Gasteiger partial charge < -0.3 is 10.2 Å². The monoisotopic (exact) mass is 194 g/mol. The van der Waals surface area contributed by atoms with Gasteiger partial charge in [-0.2, -0.15) is 0 Å². The number of nitrogens with zero attached hydrogens (tertiary/aromatic N) is 1. The van der Waals surface area contributed by atoms with Crippen LogP contribution in [0.4, 0.5) is 0 Å². The van der Waals surface area contributed by atoms with Crippen molar-refractivity contribution in [2.24, 2.45) is 0 Å². The Kier molecular flexibility index (Phi) is 4.44. The highest BCUT2D eigenvalue weighted by Gasteiger charge is 2.38. The fraction of sp³-hybridized carbons (Fsp3) is 0.833. The van der Waals surface area contributed by atoms with E-state index in [4.69, 9.17) is 6.42 Å². The van der Waals surface area contributed by atoms with Gasteiger partial charge in [-0.1, -0.05) is 0 Å². The summed E-state index contributed by atoms with van der Waals surface area (Å²) in [5, 5.41) is 3.51. The standard InChI is InChI=1S/C12H22N2/c1-4-5-6-10-13-11-12(14(2)3)8-7-9-12/h1,13H,5-11H2,2-3H3. The summed E-state index contributed by atoms with van der Waals surface area (Å²) in [5.41, 5.74) is 0.441. The Hall–Kier alpha value is -0.520. The summed E-state index contributed by atoms with van der Waals surface area (Å²) in [6.45, 7) is 2.17. The van der Waals surface area contributed by atoms with Crippen LogP contribution in [-0.2, 0) is 0 Å². The minimum absolute atomic E-state index is 0.441. The van der Waals surface area contributed by atoms with Crippen LogP contribution in [0.2, 0.25) is 0 Å². The number of hydrogen-bond acceptors (Lipinski definition) is 2. The van der Waals surface area contributed by atoms with Gasteiger partial charge in [0.05, 0.1) is 0 Å². The first-order valence-electron chi connectivity index (χ1n) is 5.53. The molecule has 0 saturated heterocycles. The van der Waals surface area contributed by atoms with Crippen molar-refractivity contribution in [1.82, 2.24) is 10.2 Å². The van der Waals surface area contributed by atoms with Crippen LogP contribution in [-0.4, -0.2) is 37.6 Å². The summed E-state index contributed by atoms with van der Waals surface area (Å²) in [5.74, 6) is 2.67. The second-order valence-corrected chi connectivity index (χ2v) is 4.46. The lowest BCUT2D eigenvalue weighted by Gasteiger charge is -2.47. The zero-order valence-electron chi connectivity index (χ0n) is 9.47. The van der Waals surface area contributed by atoms with Crippen LogP contribution in [0.3, 0.4) is 0 Å². The van der Waals surface area contributed by atoms with Gasteiger partial charge in [0.25, 0.3) is 0 Å². The van der Waals surface area contributed by atoms with E-state index >= 15 is 0 Å². The smallest absolute Gasteiger partial charge is 0.0327 e. The van der Waals surface area contributed by atoms with Gasteiger partial charge in [-0.15, -0.1) is 12.3 Å². The molecule has 1 aliphatic rings. The predicted octanol–water partition coefficient (Wildman–Crippen LogP) is 1.47. The van der Waals surface area contributed by atoms with E-state index in [-0.39, 0.29) is 0 Å². The molecule has 0 amide bonds. The van der Waals surface area contributed by atoms with Gasteiger partial charge in [0.1, 0.15) is 0 Å². The first-order valence-corrected chi connectivity index (χ1v) is 5.53. The van der Waals surface area contributed by atoms with E-state index in [1.54, 1.807) is 0 Å². The molecule has 1 N–H and O–H groups in total. The van der Waals surface area contributed by atoms with Gasteiger partial charge in [0.2, 0.25) is 0 Å². The van der Waals surface area contributed by atoms with E-state index in [1.807, 2.05) is 0 Å². The Labute approximate surface area is 88.1 Å². The second-order valence-electron chi connectivity index (χ2n) is 4.46. The van der Waals surface area contributed by atoms with Crippen LogP contribution < -0.4 is 5.32 Å². The normalized spacial score (nSPS) is 19.0. The van der Waals surface area contributed by atoms with Crippen LogP contribution in [0.5, 0.6) is 0 Å². The molecule has 1 fully saturated rings. The lowest BCUT2D eigenvalue weighted by atomic mass is 9.75. The van der Waals surface area contributed by atoms with E-state index in [0.717, 1.165) is 25.9 Å². The van der Waals surface area contributed by atoms with Crippen LogP contribution >= 0.6 is 0 Å². The Balaban J connectivity index is 2.13. The molecule has 0 aromatic carbocycles. The molecule has 0 aromatic heterocycles. The molecule has 2 nitrogen and oxygen atoms in total. The average molecular weight is 194 g/mol. The van der Waals surface area contributed by atoms with Gasteiger partial charge in [-0.05, 0) is 46.3 Å². The van der Waals surface area contributed by atoms with Crippen molar-refractivity contribution in [3.63, 3.8) is 0 Å². The van der Waals surface area contributed by atoms with E-state index < -0.39 is 0 Å². The fourth-order valence-corrected chi connectivity index (χ4v) is 2.00. The van der Waals surface area contributed by atoms with Crippen molar-refractivity contribution < 1.29 is 0 Å². The molecular weight excluding hydrogens is 172 g/mol. The minimum atomic E-state index is 0.441. The van der Waals surface area contributed by atoms with Crippen molar-refractivity contribution in [3.8, 4) is 12.3 Å². The summed E-state index contributed by atoms with van der Waals surface area (Å²) in [6.07, 6.45) is 11.2. The van der Waals surface area contributed by atoms with E-state index in [2.05, 4.69) is 30.2 Å². The van der Waals surface area contributed by atoms with Crippen molar-refractivity contribution in [2.75, 3.05) is 27.2 Å². The third-order valence-corrected chi connectivity index (χ3v) is 3.36. The number of unbranched alkanes of at least 4 members (excludes halogenated alkanes) is 1. The quantitative estimate of drug-likeness (QED) is 0.509. The molecule has 1 rings (SSSR count). The zero-order valence-corrected chi connectivity index (χ0v) is 9.47. The molecule has 0 atom stereocenters. The summed E-state index contributed by atoms with van der Waals surface area (Å²) < 4.78 is 0. The third kappa shape index (κ3) is 2.73. The molecule has 80 valence electrons. The predicted molar refractivity (Wildman–Crippen MR) is 61.2 cm³/mol. The van der Waals surface area contributed by atoms with Gasteiger partial charge in [-0.3, -0.25) is 0 Å². The fourth-order valence-electron chi connectivity index (χ4n) is 2.00. The molecule has 0 aromatic rings. The van der Waals surface area contributed by atoms with Crippen LogP contribution in [0.25, 0.3) is 0 Å². The summed E-state index contributed by atoms with van der Waals surface area (Å²) in [6, 6.07) is 0. The highest BCUT2D eigenvalue weighted by Crippen LogP contribution is 2.35. The first kappa shape index (κ1) is 11.6. The Bertz CT molecular complexity index is 199. The Morgan fingerprint density at radius 3 is 2.57 bits per heavy atom. The van der Waals surface area contributed by atoms with E-state index in [9.17, 15) is 0 Å². The Morgan fingerprint density at radius 2 is 2.14 bits per heavy atom. The van der Waals surface area contributed by atoms with Crippen LogP contribution in [0.1, 0.15) is 32.1 Å².